The molecule has 0 bridgehead atoms. The highest BCUT2D eigenvalue weighted by atomic mass is 16.5. The number of nitrogens with one attached hydrogen (secondary N) is 2. The Bertz CT molecular complexity index is 1040. The van der Waals surface area contributed by atoms with Gasteiger partial charge in [0.25, 0.3) is 5.91 Å². The number of ether oxygens (including phenoxy) is 2. The molecule has 0 saturated carbocycles. The van der Waals surface area contributed by atoms with E-state index in [2.05, 4.69) is 10.6 Å². The summed E-state index contributed by atoms with van der Waals surface area (Å²) in [5, 5.41) is 14.9. The number of rotatable bonds is 10. The van der Waals surface area contributed by atoms with Crippen molar-refractivity contribution < 1.29 is 24.2 Å². The SMILES string of the molecule is CCOc1ccccc1NC(=O)C(OC(=O)c1ccccc1NCCO)c1ccccc1. The van der Waals surface area contributed by atoms with E-state index in [-0.39, 0.29) is 18.7 Å². The van der Waals surface area contributed by atoms with Crippen molar-refractivity contribution in [3.05, 3.63) is 90.0 Å². The van der Waals surface area contributed by atoms with Crippen LogP contribution in [0.3, 0.4) is 0 Å². The average molecular weight is 434 g/mol. The average Bonchev–Trinajstić information content (AvgIpc) is 2.83. The molecule has 0 spiro atoms. The number of hydrogen-bond donors (Lipinski definition) is 3. The lowest BCUT2D eigenvalue weighted by Gasteiger charge is -2.20. The molecule has 0 aliphatic heterocycles. The zero-order valence-corrected chi connectivity index (χ0v) is 17.8. The molecule has 3 rings (SSSR count). The molecule has 32 heavy (non-hydrogen) atoms. The first kappa shape index (κ1) is 22.8. The van der Waals surface area contributed by atoms with E-state index >= 15 is 0 Å². The second-order valence-electron chi connectivity index (χ2n) is 6.81. The number of carbonyl (C=O) groups is 2. The normalized spacial score (nSPS) is 11.3. The Morgan fingerprint density at radius 1 is 0.906 bits per heavy atom. The predicted octanol–water partition coefficient (Wildman–Crippen LogP) is 4.03. The van der Waals surface area contributed by atoms with Crippen LogP contribution >= 0.6 is 0 Å². The van der Waals surface area contributed by atoms with Gasteiger partial charge < -0.3 is 25.2 Å². The van der Waals surface area contributed by atoms with E-state index < -0.39 is 18.0 Å². The molecule has 0 saturated heterocycles. The molecule has 0 aliphatic rings. The standard InChI is InChI=1S/C25H26N2O5/c1-2-31-22-15-9-8-14-21(22)27-24(29)23(18-10-4-3-5-11-18)32-25(30)19-12-6-7-13-20(19)26-16-17-28/h3-15,23,26,28H,2,16-17H2,1H3,(H,27,29). The van der Waals surface area contributed by atoms with Crippen LogP contribution in [0.25, 0.3) is 0 Å². The Labute approximate surface area is 187 Å². The molecule has 1 atom stereocenters. The highest BCUT2D eigenvalue weighted by molar-refractivity contribution is 6.00. The molecule has 0 aromatic heterocycles. The van der Waals surface area contributed by atoms with E-state index in [9.17, 15) is 9.59 Å². The minimum atomic E-state index is -1.18. The monoisotopic (exact) mass is 434 g/mol. The molecule has 0 aliphatic carbocycles. The van der Waals surface area contributed by atoms with E-state index in [0.717, 1.165) is 0 Å². The number of para-hydroxylation sites is 3. The van der Waals surface area contributed by atoms with Crippen LogP contribution in [0.5, 0.6) is 5.75 Å². The molecule has 0 fully saturated rings. The Hall–Kier alpha value is -3.84. The number of hydrogen-bond acceptors (Lipinski definition) is 6. The zero-order valence-electron chi connectivity index (χ0n) is 17.8. The molecular weight excluding hydrogens is 408 g/mol. The lowest BCUT2D eigenvalue weighted by Crippen LogP contribution is -2.26. The molecule has 0 heterocycles. The zero-order chi connectivity index (χ0) is 22.8. The summed E-state index contributed by atoms with van der Waals surface area (Å²) >= 11 is 0. The van der Waals surface area contributed by atoms with Gasteiger partial charge in [0.2, 0.25) is 6.10 Å². The fourth-order valence-corrected chi connectivity index (χ4v) is 3.13. The quantitative estimate of drug-likeness (QED) is 0.417. The molecule has 7 heteroatoms. The van der Waals surface area contributed by atoms with Crippen LogP contribution in [0.4, 0.5) is 11.4 Å². The van der Waals surface area contributed by atoms with E-state index in [1.165, 1.54) is 0 Å². The lowest BCUT2D eigenvalue weighted by atomic mass is 10.1. The molecule has 1 unspecified atom stereocenters. The van der Waals surface area contributed by atoms with Gasteiger partial charge in [-0.05, 0) is 31.2 Å². The fourth-order valence-electron chi connectivity index (χ4n) is 3.13. The van der Waals surface area contributed by atoms with Crippen molar-refractivity contribution in [3.63, 3.8) is 0 Å². The maximum atomic E-state index is 13.2. The van der Waals surface area contributed by atoms with Gasteiger partial charge in [0.05, 0.1) is 24.5 Å². The first-order chi connectivity index (χ1) is 15.6. The van der Waals surface area contributed by atoms with Crippen LogP contribution in [0.2, 0.25) is 0 Å². The van der Waals surface area contributed by atoms with Gasteiger partial charge in [-0.15, -0.1) is 0 Å². The van der Waals surface area contributed by atoms with Gasteiger partial charge in [0.15, 0.2) is 0 Å². The maximum absolute atomic E-state index is 13.2. The van der Waals surface area contributed by atoms with Crippen molar-refractivity contribution in [2.45, 2.75) is 13.0 Å². The van der Waals surface area contributed by atoms with Crippen LogP contribution in [0.1, 0.15) is 28.9 Å². The summed E-state index contributed by atoms with van der Waals surface area (Å²) in [6, 6.07) is 22.7. The third kappa shape index (κ3) is 5.86. The second-order valence-corrected chi connectivity index (χ2v) is 6.81. The van der Waals surface area contributed by atoms with Gasteiger partial charge in [0, 0.05) is 17.8 Å². The van der Waals surface area contributed by atoms with Gasteiger partial charge >= 0.3 is 5.97 Å². The Balaban J connectivity index is 1.86. The summed E-state index contributed by atoms with van der Waals surface area (Å²) in [7, 11) is 0. The number of benzene rings is 3. The van der Waals surface area contributed by atoms with Crippen LogP contribution in [-0.2, 0) is 9.53 Å². The Morgan fingerprint density at radius 3 is 2.28 bits per heavy atom. The topological polar surface area (TPSA) is 96.9 Å². The predicted molar refractivity (Wildman–Crippen MR) is 123 cm³/mol. The minimum absolute atomic E-state index is 0.0856. The summed E-state index contributed by atoms with van der Waals surface area (Å²) in [5.41, 5.74) is 1.80. The third-order valence-corrected chi connectivity index (χ3v) is 4.58. The molecule has 3 N–H and O–H groups in total. The highest BCUT2D eigenvalue weighted by Crippen LogP contribution is 2.28. The van der Waals surface area contributed by atoms with Crippen LogP contribution in [0, 0.1) is 0 Å². The summed E-state index contributed by atoms with van der Waals surface area (Å²) in [6.45, 7) is 2.50. The van der Waals surface area contributed by atoms with Crippen molar-refractivity contribution in [1.29, 1.82) is 0 Å². The second kappa shape index (κ2) is 11.5. The van der Waals surface area contributed by atoms with Crippen molar-refractivity contribution in [2.24, 2.45) is 0 Å². The molecule has 3 aromatic carbocycles. The van der Waals surface area contributed by atoms with E-state index in [4.69, 9.17) is 14.6 Å². The minimum Gasteiger partial charge on any atom is -0.492 e. The molecular formula is C25H26N2O5. The summed E-state index contributed by atoms with van der Waals surface area (Å²) < 4.78 is 11.3. The Kier molecular flexibility index (Phi) is 8.22. The maximum Gasteiger partial charge on any atom is 0.341 e. The number of esters is 1. The van der Waals surface area contributed by atoms with Crippen molar-refractivity contribution in [1.82, 2.24) is 0 Å². The van der Waals surface area contributed by atoms with Gasteiger partial charge in [-0.25, -0.2) is 4.79 Å². The number of carbonyl (C=O) groups excluding carboxylic acids is 2. The molecule has 7 nitrogen and oxygen atoms in total. The largest absolute Gasteiger partial charge is 0.492 e. The van der Waals surface area contributed by atoms with E-state index in [0.29, 0.717) is 29.3 Å². The smallest absolute Gasteiger partial charge is 0.341 e. The summed E-state index contributed by atoms with van der Waals surface area (Å²) in [6.07, 6.45) is -1.18. The van der Waals surface area contributed by atoms with Crippen molar-refractivity contribution in [3.8, 4) is 5.75 Å². The number of anilines is 2. The van der Waals surface area contributed by atoms with Crippen LogP contribution in [-0.4, -0.2) is 36.7 Å². The van der Waals surface area contributed by atoms with Crippen molar-refractivity contribution in [2.75, 3.05) is 30.4 Å². The summed E-state index contributed by atoms with van der Waals surface area (Å²) in [5.74, 6) is -0.634. The fraction of sp³-hybridized carbons (Fsp3) is 0.200. The first-order valence-corrected chi connectivity index (χ1v) is 10.4. The molecule has 166 valence electrons. The first-order valence-electron chi connectivity index (χ1n) is 10.4. The van der Waals surface area contributed by atoms with Crippen LogP contribution in [0.15, 0.2) is 78.9 Å². The number of aliphatic hydroxyl groups excluding tert-OH is 1. The number of aliphatic hydroxyl groups is 1. The van der Waals surface area contributed by atoms with Gasteiger partial charge in [-0.2, -0.15) is 0 Å². The number of amides is 1. The van der Waals surface area contributed by atoms with Crippen LogP contribution < -0.4 is 15.4 Å². The molecule has 1 amide bonds. The van der Waals surface area contributed by atoms with E-state index in [1.54, 1.807) is 66.7 Å². The van der Waals surface area contributed by atoms with E-state index in [1.807, 2.05) is 19.1 Å². The third-order valence-electron chi connectivity index (χ3n) is 4.58. The van der Waals surface area contributed by atoms with Gasteiger partial charge in [-0.3, -0.25) is 4.79 Å². The lowest BCUT2D eigenvalue weighted by molar-refractivity contribution is -0.125. The van der Waals surface area contributed by atoms with Gasteiger partial charge in [-0.1, -0.05) is 54.6 Å². The summed E-state index contributed by atoms with van der Waals surface area (Å²) in [4.78, 5) is 26.2. The molecule has 3 aromatic rings. The van der Waals surface area contributed by atoms with Crippen molar-refractivity contribution >= 4 is 23.3 Å². The Morgan fingerprint density at radius 2 is 1.56 bits per heavy atom. The molecule has 0 radical (unpaired) electrons. The highest BCUT2D eigenvalue weighted by Gasteiger charge is 2.27. The van der Waals surface area contributed by atoms with Gasteiger partial charge in [0.1, 0.15) is 5.75 Å².